The fourth-order valence-corrected chi connectivity index (χ4v) is 4.10. The number of nitrogens with zero attached hydrogens (tertiary/aromatic N) is 2. The van der Waals surface area contributed by atoms with Crippen molar-refractivity contribution < 1.29 is 13.9 Å². The molecule has 160 valence electrons. The van der Waals surface area contributed by atoms with Crippen molar-refractivity contribution in [1.29, 1.82) is 0 Å². The summed E-state index contributed by atoms with van der Waals surface area (Å²) in [5.41, 5.74) is 2.72. The molecule has 1 N–H and O–H groups in total. The fraction of sp³-hybridized carbons (Fsp3) is 0.250. The number of anilines is 2. The molecule has 1 aliphatic rings. The predicted molar refractivity (Wildman–Crippen MR) is 123 cm³/mol. The van der Waals surface area contributed by atoms with Gasteiger partial charge in [0.25, 0.3) is 0 Å². The van der Waals surface area contributed by atoms with Gasteiger partial charge in [-0.2, -0.15) is 0 Å². The second-order valence-corrected chi connectivity index (χ2v) is 8.43. The van der Waals surface area contributed by atoms with Crippen LogP contribution in [0, 0.1) is 12.7 Å². The average molecular weight is 438 g/mol. The van der Waals surface area contributed by atoms with E-state index >= 15 is 0 Å². The lowest BCUT2D eigenvalue weighted by Crippen LogP contribution is -2.21. The summed E-state index contributed by atoms with van der Waals surface area (Å²) in [5, 5.41) is 5.70. The Kier molecular flexibility index (Phi) is 6.62. The zero-order valence-corrected chi connectivity index (χ0v) is 18.1. The third-order valence-electron chi connectivity index (χ3n) is 5.05. The molecule has 2 heterocycles. The molecule has 0 spiro atoms. The molecule has 0 bridgehead atoms. The third-order valence-corrected chi connectivity index (χ3v) is 5.87. The maximum atomic E-state index is 14.4. The van der Waals surface area contributed by atoms with E-state index in [1.807, 2.05) is 42.6 Å². The lowest BCUT2D eigenvalue weighted by molar-refractivity contribution is -0.111. The first-order chi connectivity index (χ1) is 15.1. The molecule has 5 nitrogen and oxygen atoms in total. The first kappa shape index (κ1) is 21.1. The van der Waals surface area contributed by atoms with E-state index in [1.54, 1.807) is 23.5 Å². The number of hydrogen-bond donors (Lipinski definition) is 1. The number of aromatic nitrogens is 1. The standard InChI is InChI=1S/C24H24FN3O2S/c1-17-26-19(16-31-17)15-30-20-10-7-18(8-11-20)9-12-23(29)27-24-21(25)5-4-6-22(24)28-13-2-3-14-28/h4-12,16H,2-3,13-15H2,1H3,(H,27,29)/b12-9+. The van der Waals surface area contributed by atoms with Gasteiger partial charge in [-0.15, -0.1) is 11.3 Å². The molecular weight excluding hydrogens is 413 g/mol. The third kappa shape index (κ3) is 5.49. The summed E-state index contributed by atoms with van der Waals surface area (Å²) in [6, 6.07) is 12.3. The van der Waals surface area contributed by atoms with Gasteiger partial charge in [-0.1, -0.05) is 18.2 Å². The van der Waals surface area contributed by atoms with Gasteiger partial charge in [0.2, 0.25) is 5.91 Å². The number of amides is 1. The second kappa shape index (κ2) is 9.75. The topological polar surface area (TPSA) is 54.5 Å². The minimum absolute atomic E-state index is 0.236. The van der Waals surface area contributed by atoms with E-state index in [9.17, 15) is 9.18 Å². The Morgan fingerprint density at radius 1 is 1.23 bits per heavy atom. The van der Waals surface area contributed by atoms with Gasteiger partial charge in [0, 0.05) is 24.5 Å². The molecule has 3 aromatic rings. The largest absolute Gasteiger partial charge is 0.487 e. The van der Waals surface area contributed by atoms with E-state index in [2.05, 4.69) is 15.2 Å². The highest BCUT2D eigenvalue weighted by Crippen LogP contribution is 2.31. The van der Waals surface area contributed by atoms with Crippen LogP contribution in [0.1, 0.15) is 29.1 Å². The van der Waals surface area contributed by atoms with Gasteiger partial charge < -0.3 is 15.0 Å². The highest BCUT2D eigenvalue weighted by molar-refractivity contribution is 7.09. The number of carbonyl (C=O) groups excluding carboxylic acids is 1. The highest BCUT2D eigenvalue weighted by atomic mass is 32.1. The Balaban J connectivity index is 1.36. The van der Waals surface area contributed by atoms with Crippen LogP contribution in [-0.4, -0.2) is 24.0 Å². The number of nitrogens with one attached hydrogen (secondary N) is 1. The molecule has 1 fully saturated rings. The maximum Gasteiger partial charge on any atom is 0.248 e. The van der Waals surface area contributed by atoms with Crippen LogP contribution < -0.4 is 15.0 Å². The van der Waals surface area contributed by atoms with Crippen LogP contribution in [0.25, 0.3) is 6.08 Å². The average Bonchev–Trinajstić information content (AvgIpc) is 3.45. The SMILES string of the molecule is Cc1nc(COc2ccc(/C=C/C(=O)Nc3c(F)cccc3N3CCCC3)cc2)cs1. The second-order valence-electron chi connectivity index (χ2n) is 7.37. The molecule has 31 heavy (non-hydrogen) atoms. The van der Waals surface area contributed by atoms with E-state index in [0.717, 1.165) is 53.6 Å². The van der Waals surface area contributed by atoms with E-state index in [1.165, 1.54) is 12.1 Å². The molecule has 0 radical (unpaired) electrons. The number of halogens is 1. The van der Waals surface area contributed by atoms with Crippen molar-refractivity contribution in [2.75, 3.05) is 23.3 Å². The number of aryl methyl sites for hydroxylation is 1. The van der Waals surface area contributed by atoms with Crippen molar-refractivity contribution in [1.82, 2.24) is 4.98 Å². The van der Waals surface area contributed by atoms with Crippen LogP contribution in [0.3, 0.4) is 0 Å². The number of ether oxygens (including phenoxy) is 1. The van der Waals surface area contributed by atoms with Crippen molar-refractivity contribution in [3.05, 3.63) is 76.0 Å². The Labute approximate surface area is 185 Å². The van der Waals surface area contributed by atoms with Gasteiger partial charge in [0.05, 0.1) is 16.4 Å². The summed E-state index contributed by atoms with van der Waals surface area (Å²) in [6.45, 7) is 4.13. The van der Waals surface area contributed by atoms with Gasteiger partial charge in [0.15, 0.2) is 0 Å². The predicted octanol–water partition coefficient (Wildman–Crippen LogP) is 5.42. The molecule has 0 unspecified atom stereocenters. The summed E-state index contributed by atoms with van der Waals surface area (Å²) in [4.78, 5) is 18.9. The summed E-state index contributed by atoms with van der Waals surface area (Å²) >= 11 is 1.60. The lowest BCUT2D eigenvalue weighted by Gasteiger charge is -2.21. The van der Waals surface area contributed by atoms with Gasteiger partial charge in [-0.25, -0.2) is 9.37 Å². The van der Waals surface area contributed by atoms with Gasteiger partial charge >= 0.3 is 0 Å². The zero-order chi connectivity index (χ0) is 21.6. The summed E-state index contributed by atoms with van der Waals surface area (Å²) in [7, 11) is 0. The molecule has 1 aliphatic heterocycles. The Hall–Kier alpha value is -3.19. The number of thiazole rings is 1. The van der Waals surface area contributed by atoms with Crippen LogP contribution >= 0.6 is 11.3 Å². The number of rotatable bonds is 7. The molecule has 1 saturated heterocycles. The first-order valence-corrected chi connectivity index (χ1v) is 11.1. The minimum atomic E-state index is -0.428. The Morgan fingerprint density at radius 3 is 2.71 bits per heavy atom. The van der Waals surface area contributed by atoms with E-state index in [0.29, 0.717) is 6.61 Å². The van der Waals surface area contributed by atoms with Crippen molar-refractivity contribution >= 4 is 34.7 Å². The monoisotopic (exact) mass is 437 g/mol. The van der Waals surface area contributed by atoms with Gasteiger partial charge in [0.1, 0.15) is 23.9 Å². The number of carbonyl (C=O) groups is 1. The molecule has 0 saturated carbocycles. The normalized spacial score (nSPS) is 13.7. The lowest BCUT2D eigenvalue weighted by atomic mass is 10.2. The minimum Gasteiger partial charge on any atom is -0.487 e. The Bertz CT molecular complexity index is 1070. The molecule has 0 atom stereocenters. The van der Waals surface area contributed by atoms with Crippen molar-refractivity contribution in [3.8, 4) is 5.75 Å². The van der Waals surface area contributed by atoms with E-state index < -0.39 is 5.82 Å². The summed E-state index contributed by atoms with van der Waals surface area (Å²) in [5.74, 6) is -0.0680. The van der Waals surface area contributed by atoms with Crippen molar-refractivity contribution in [3.63, 3.8) is 0 Å². The Morgan fingerprint density at radius 2 is 2.00 bits per heavy atom. The first-order valence-electron chi connectivity index (χ1n) is 10.2. The van der Waals surface area contributed by atoms with Crippen LogP contribution in [0.2, 0.25) is 0 Å². The number of para-hydroxylation sites is 1. The van der Waals surface area contributed by atoms with Gasteiger partial charge in [-0.3, -0.25) is 4.79 Å². The van der Waals surface area contributed by atoms with Crippen molar-refractivity contribution in [2.45, 2.75) is 26.4 Å². The van der Waals surface area contributed by atoms with Crippen LogP contribution in [0.4, 0.5) is 15.8 Å². The quantitative estimate of drug-likeness (QED) is 0.502. The molecule has 0 aliphatic carbocycles. The highest BCUT2D eigenvalue weighted by Gasteiger charge is 2.19. The molecule has 2 aromatic carbocycles. The molecule has 4 rings (SSSR count). The van der Waals surface area contributed by atoms with E-state index in [-0.39, 0.29) is 11.6 Å². The molecule has 7 heteroatoms. The van der Waals surface area contributed by atoms with Crippen molar-refractivity contribution in [2.24, 2.45) is 0 Å². The number of hydrogen-bond acceptors (Lipinski definition) is 5. The summed E-state index contributed by atoms with van der Waals surface area (Å²) in [6.07, 6.45) is 5.26. The molecular formula is C24H24FN3O2S. The number of benzene rings is 2. The van der Waals surface area contributed by atoms with Crippen LogP contribution in [0.15, 0.2) is 53.9 Å². The molecule has 1 amide bonds. The van der Waals surface area contributed by atoms with Crippen LogP contribution in [0.5, 0.6) is 5.75 Å². The zero-order valence-electron chi connectivity index (χ0n) is 17.3. The van der Waals surface area contributed by atoms with Crippen LogP contribution in [-0.2, 0) is 11.4 Å². The summed E-state index contributed by atoms with van der Waals surface area (Å²) < 4.78 is 20.1. The smallest absolute Gasteiger partial charge is 0.248 e. The van der Waals surface area contributed by atoms with E-state index in [4.69, 9.17) is 4.74 Å². The fourth-order valence-electron chi connectivity index (χ4n) is 3.50. The van der Waals surface area contributed by atoms with Gasteiger partial charge in [-0.05, 0) is 55.7 Å². The molecule has 1 aromatic heterocycles. The maximum absolute atomic E-state index is 14.4.